The third-order valence-corrected chi connectivity index (χ3v) is 7.28. The van der Waals surface area contributed by atoms with E-state index in [0.717, 1.165) is 9.78 Å². The van der Waals surface area contributed by atoms with Gasteiger partial charge in [-0.05, 0) is 48.5 Å². The van der Waals surface area contributed by atoms with E-state index >= 15 is 0 Å². The second kappa shape index (κ2) is 8.15. The molecule has 2 amide bonds. The first kappa shape index (κ1) is 20.5. The molecule has 8 nitrogen and oxygen atoms in total. The molecule has 1 fully saturated rings. The summed E-state index contributed by atoms with van der Waals surface area (Å²) in [4.78, 5) is 26.1. The van der Waals surface area contributed by atoms with Crippen LogP contribution in [0, 0.1) is 0 Å². The topological polar surface area (TPSA) is 117 Å². The number of sulfonamides is 1. The zero-order valence-corrected chi connectivity index (χ0v) is 17.3. The number of imide groups is 1. The van der Waals surface area contributed by atoms with Crippen molar-refractivity contribution in [3.8, 4) is 10.6 Å². The number of nitrogens with zero attached hydrogens (tertiary/aromatic N) is 1. The highest BCUT2D eigenvalue weighted by Crippen LogP contribution is 2.31. The van der Waals surface area contributed by atoms with Crippen LogP contribution in [0.3, 0.4) is 0 Å². The van der Waals surface area contributed by atoms with Crippen molar-refractivity contribution >= 4 is 38.9 Å². The molecule has 1 saturated heterocycles. The average Bonchev–Trinajstić information content (AvgIpc) is 3.48. The fourth-order valence-corrected chi connectivity index (χ4v) is 5.10. The molecule has 156 valence electrons. The first-order chi connectivity index (χ1) is 14.3. The minimum Gasteiger partial charge on any atom is -0.464 e. The van der Waals surface area contributed by atoms with Gasteiger partial charge in [0.25, 0.3) is 0 Å². The van der Waals surface area contributed by atoms with E-state index in [4.69, 9.17) is 4.42 Å². The number of benzene rings is 1. The molecule has 1 aliphatic rings. The van der Waals surface area contributed by atoms with Gasteiger partial charge >= 0.3 is 0 Å². The summed E-state index contributed by atoms with van der Waals surface area (Å²) in [6.45, 7) is -0.203. The van der Waals surface area contributed by atoms with Gasteiger partial charge in [-0.25, -0.2) is 13.1 Å². The minimum atomic E-state index is -3.88. The van der Waals surface area contributed by atoms with Crippen molar-refractivity contribution in [1.82, 2.24) is 4.72 Å². The fraction of sp³-hybridized carbons (Fsp3) is 0.200. The summed E-state index contributed by atoms with van der Waals surface area (Å²) in [5.41, 5.74) is 0.338. The van der Waals surface area contributed by atoms with Crippen LogP contribution in [0.15, 0.2) is 64.1 Å². The van der Waals surface area contributed by atoms with Crippen molar-refractivity contribution in [2.24, 2.45) is 0 Å². The van der Waals surface area contributed by atoms with Gasteiger partial charge in [-0.1, -0.05) is 0 Å². The van der Waals surface area contributed by atoms with Crippen molar-refractivity contribution in [3.05, 3.63) is 59.7 Å². The van der Waals surface area contributed by atoms with Crippen LogP contribution < -0.4 is 9.62 Å². The lowest BCUT2D eigenvalue weighted by Gasteiger charge is -2.15. The Morgan fingerprint density at radius 3 is 2.40 bits per heavy atom. The second-order valence-electron chi connectivity index (χ2n) is 6.66. The molecule has 1 aliphatic heterocycles. The fourth-order valence-electron chi connectivity index (χ4n) is 3.09. The number of carbonyl (C=O) groups is 2. The quantitative estimate of drug-likeness (QED) is 0.539. The molecular weight excluding hydrogens is 428 g/mol. The third kappa shape index (κ3) is 4.08. The summed E-state index contributed by atoms with van der Waals surface area (Å²) in [5.74, 6) is 0.0672. The SMILES string of the molecule is O=C1CCC(=O)N1c1ccc(S(=O)(=O)NCC(O)c2ccc(-c3ccco3)s2)cc1. The summed E-state index contributed by atoms with van der Waals surface area (Å²) in [5, 5.41) is 10.4. The Kier molecular flexibility index (Phi) is 5.56. The number of aliphatic hydroxyl groups is 1. The van der Waals surface area contributed by atoms with Crippen molar-refractivity contribution in [3.63, 3.8) is 0 Å². The molecule has 0 aliphatic carbocycles. The predicted molar refractivity (Wildman–Crippen MR) is 110 cm³/mol. The Morgan fingerprint density at radius 2 is 1.77 bits per heavy atom. The van der Waals surface area contributed by atoms with Crippen LogP contribution in [-0.4, -0.2) is 31.9 Å². The minimum absolute atomic E-state index is 0.0278. The van der Waals surface area contributed by atoms with Crippen molar-refractivity contribution < 1.29 is 27.5 Å². The van der Waals surface area contributed by atoms with E-state index in [1.54, 1.807) is 30.5 Å². The molecule has 0 spiro atoms. The molecular formula is C20H18N2O6S2. The van der Waals surface area contributed by atoms with E-state index in [2.05, 4.69) is 4.72 Å². The molecule has 1 aromatic carbocycles. The van der Waals surface area contributed by atoms with Gasteiger partial charge in [0.1, 0.15) is 11.9 Å². The van der Waals surface area contributed by atoms with Crippen molar-refractivity contribution in [2.75, 3.05) is 11.4 Å². The Balaban J connectivity index is 1.42. The number of nitrogens with one attached hydrogen (secondary N) is 1. The average molecular weight is 447 g/mol. The number of carbonyl (C=O) groups excluding carboxylic acids is 2. The van der Waals surface area contributed by atoms with E-state index in [-0.39, 0.29) is 36.1 Å². The highest BCUT2D eigenvalue weighted by molar-refractivity contribution is 7.89. The predicted octanol–water partition coefficient (Wildman–Crippen LogP) is 2.67. The van der Waals surface area contributed by atoms with Gasteiger partial charge in [-0.15, -0.1) is 11.3 Å². The number of amides is 2. The summed E-state index contributed by atoms with van der Waals surface area (Å²) < 4.78 is 32.8. The molecule has 2 aromatic heterocycles. The summed E-state index contributed by atoms with van der Waals surface area (Å²) in [6.07, 6.45) is 0.846. The van der Waals surface area contributed by atoms with Gasteiger partial charge < -0.3 is 9.52 Å². The molecule has 3 aromatic rings. The van der Waals surface area contributed by atoms with Gasteiger partial charge in [-0.2, -0.15) is 0 Å². The Hall–Kier alpha value is -2.79. The van der Waals surface area contributed by atoms with Gasteiger partial charge in [0.2, 0.25) is 21.8 Å². The Labute approximate surface area is 176 Å². The third-order valence-electron chi connectivity index (χ3n) is 4.64. The lowest BCUT2D eigenvalue weighted by atomic mass is 10.3. The van der Waals surface area contributed by atoms with Gasteiger partial charge in [-0.3, -0.25) is 14.5 Å². The second-order valence-corrected chi connectivity index (χ2v) is 9.55. The highest BCUT2D eigenvalue weighted by atomic mass is 32.2. The molecule has 0 radical (unpaired) electrons. The van der Waals surface area contributed by atoms with Crippen molar-refractivity contribution in [2.45, 2.75) is 23.8 Å². The highest BCUT2D eigenvalue weighted by Gasteiger charge is 2.30. The summed E-state index contributed by atoms with van der Waals surface area (Å²) in [6, 6.07) is 12.6. The number of thiophene rings is 1. The molecule has 3 heterocycles. The van der Waals surface area contributed by atoms with E-state index in [1.165, 1.54) is 35.6 Å². The Bertz CT molecular complexity index is 1150. The standard InChI is InChI=1S/C20H18N2O6S2/c23-15(17-7-8-18(29-17)16-2-1-11-28-16)12-21-30(26,27)14-5-3-13(4-6-14)22-19(24)9-10-20(22)25/h1-8,11,15,21,23H,9-10,12H2. The number of furan rings is 1. The smallest absolute Gasteiger partial charge is 0.240 e. The lowest BCUT2D eigenvalue weighted by Crippen LogP contribution is -2.29. The van der Waals surface area contributed by atoms with Crippen LogP contribution in [0.2, 0.25) is 0 Å². The van der Waals surface area contributed by atoms with Crippen molar-refractivity contribution in [1.29, 1.82) is 0 Å². The van der Waals surface area contributed by atoms with Gasteiger partial charge in [0, 0.05) is 24.3 Å². The molecule has 4 rings (SSSR count). The molecule has 1 atom stereocenters. The van der Waals surface area contributed by atoms with Crippen LogP contribution in [0.25, 0.3) is 10.6 Å². The van der Waals surface area contributed by atoms with Crippen LogP contribution >= 0.6 is 11.3 Å². The maximum atomic E-state index is 12.5. The first-order valence-electron chi connectivity index (χ1n) is 9.12. The van der Waals surface area contributed by atoms with Crippen LogP contribution in [0.5, 0.6) is 0 Å². The molecule has 30 heavy (non-hydrogen) atoms. The van der Waals surface area contributed by atoms with Gasteiger partial charge in [0.05, 0.1) is 21.7 Å². The largest absolute Gasteiger partial charge is 0.464 e. The number of aliphatic hydroxyl groups excluding tert-OH is 1. The van der Waals surface area contributed by atoms with E-state index in [0.29, 0.717) is 16.3 Å². The number of rotatable bonds is 7. The summed E-state index contributed by atoms with van der Waals surface area (Å²) >= 11 is 1.31. The number of anilines is 1. The van der Waals surface area contributed by atoms with E-state index < -0.39 is 16.1 Å². The maximum Gasteiger partial charge on any atom is 0.240 e. The zero-order chi connectivity index (χ0) is 21.3. The summed E-state index contributed by atoms with van der Waals surface area (Å²) in [7, 11) is -3.88. The molecule has 2 N–H and O–H groups in total. The normalized spacial score (nSPS) is 15.7. The number of hydrogen-bond acceptors (Lipinski definition) is 7. The zero-order valence-electron chi connectivity index (χ0n) is 15.6. The Morgan fingerprint density at radius 1 is 1.07 bits per heavy atom. The molecule has 0 saturated carbocycles. The molecule has 1 unspecified atom stereocenters. The van der Waals surface area contributed by atoms with Crippen LogP contribution in [0.1, 0.15) is 23.8 Å². The van der Waals surface area contributed by atoms with Gasteiger partial charge in [0.15, 0.2) is 0 Å². The van der Waals surface area contributed by atoms with Crippen LogP contribution in [-0.2, 0) is 19.6 Å². The van der Waals surface area contributed by atoms with Crippen LogP contribution in [0.4, 0.5) is 5.69 Å². The molecule has 0 bridgehead atoms. The van der Waals surface area contributed by atoms with E-state index in [9.17, 15) is 23.1 Å². The molecule has 10 heteroatoms. The monoisotopic (exact) mass is 446 g/mol. The van der Waals surface area contributed by atoms with E-state index in [1.807, 2.05) is 0 Å². The number of hydrogen-bond donors (Lipinski definition) is 2. The maximum absolute atomic E-state index is 12.5. The lowest BCUT2D eigenvalue weighted by molar-refractivity contribution is -0.121. The first-order valence-corrected chi connectivity index (χ1v) is 11.4.